The maximum Gasteiger partial charge on any atom is 0.147 e. The number of fused-ring (bicyclic) bond motifs is 1. The minimum Gasteiger partial charge on any atom is -0.395 e. The van der Waals surface area contributed by atoms with Crippen molar-refractivity contribution in [3.8, 4) is 11.4 Å². The van der Waals surface area contributed by atoms with Crippen LogP contribution in [-0.4, -0.2) is 37.8 Å². The van der Waals surface area contributed by atoms with Gasteiger partial charge in [0.1, 0.15) is 17.5 Å². The van der Waals surface area contributed by atoms with E-state index in [9.17, 15) is 4.39 Å². The third-order valence-electron chi connectivity index (χ3n) is 4.26. The Hall–Kier alpha value is -3.06. The lowest BCUT2D eigenvalue weighted by molar-refractivity contribution is 0.311. The normalized spacial score (nSPS) is 14.2. The van der Waals surface area contributed by atoms with Crippen molar-refractivity contribution >= 4 is 22.5 Å². The van der Waals surface area contributed by atoms with E-state index in [1.165, 1.54) is 6.08 Å². The number of imidazole rings is 1. The molecule has 0 bridgehead atoms. The predicted octanol–water partition coefficient (Wildman–Crippen LogP) is 3.39. The minimum absolute atomic E-state index is 0.0461. The summed E-state index contributed by atoms with van der Waals surface area (Å²) in [5.74, 6) is 1.32. The Bertz CT molecular complexity index is 991. The van der Waals surface area contributed by atoms with Gasteiger partial charge in [-0.15, -0.1) is 0 Å². The van der Waals surface area contributed by atoms with Crippen LogP contribution in [0.5, 0.6) is 0 Å². The van der Waals surface area contributed by atoms with Crippen LogP contribution in [0.1, 0.15) is 12.8 Å². The van der Waals surface area contributed by atoms with E-state index in [1.807, 2.05) is 22.8 Å². The summed E-state index contributed by atoms with van der Waals surface area (Å²) in [6, 6.07) is 5.64. The van der Waals surface area contributed by atoms with Crippen molar-refractivity contribution in [2.24, 2.45) is 0 Å². The molecule has 4 rings (SSSR count). The summed E-state index contributed by atoms with van der Waals surface area (Å²) in [4.78, 5) is 13.3. The Morgan fingerprint density at radius 1 is 1.15 bits per heavy atom. The second-order valence-corrected chi connectivity index (χ2v) is 5.99. The summed E-state index contributed by atoms with van der Waals surface area (Å²) in [6.07, 6.45) is 9.49. The van der Waals surface area contributed by atoms with E-state index >= 15 is 0 Å². The number of hydrogen-bond donors (Lipinski definition) is 2. The number of allylic oxidation sites excluding steroid dienone is 4. The molecule has 3 heterocycles. The molecular formula is C19H18FN5O. The highest BCUT2D eigenvalue weighted by molar-refractivity contribution is 5.84. The molecule has 0 fully saturated rings. The van der Waals surface area contributed by atoms with Gasteiger partial charge >= 0.3 is 0 Å². The van der Waals surface area contributed by atoms with Crippen molar-refractivity contribution in [1.82, 2.24) is 19.5 Å². The van der Waals surface area contributed by atoms with Gasteiger partial charge in [-0.2, -0.15) is 0 Å². The third-order valence-corrected chi connectivity index (χ3v) is 4.26. The molecule has 0 amide bonds. The van der Waals surface area contributed by atoms with E-state index in [-0.39, 0.29) is 12.4 Å². The van der Waals surface area contributed by atoms with Crippen LogP contribution in [0.25, 0.3) is 28.1 Å². The Kier molecular flexibility index (Phi) is 4.45. The lowest BCUT2D eigenvalue weighted by Crippen LogP contribution is -2.07. The molecule has 3 aromatic rings. The summed E-state index contributed by atoms with van der Waals surface area (Å²) >= 11 is 0. The molecule has 0 radical (unpaired) electrons. The molecule has 1 aliphatic rings. The van der Waals surface area contributed by atoms with E-state index < -0.39 is 0 Å². The zero-order chi connectivity index (χ0) is 17.9. The van der Waals surface area contributed by atoms with Gasteiger partial charge < -0.3 is 10.4 Å². The Morgan fingerprint density at radius 3 is 2.81 bits per heavy atom. The molecule has 0 saturated carbocycles. The average molecular weight is 351 g/mol. The smallest absolute Gasteiger partial charge is 0.147 e. The topological polar surface area (TPSA) is 75.9 Å². The van der Waals surface area contributed by atoms with Gasteiger partial charge in [0, 0.05) is 36.6 Å². The third kappa shape index (κ3) is 3.09. The lowest BCUT2D eigenvalue weighted by Gasteiger charge is -2.15. The van der Waals surface area contributed by atoms with Gasteiger partial charge in [-0.05, 0) is 36.8 Å². The largest absolute Gasteiger partial charge is 0.395 e. The highest BCUT2D eigenvalue weighted by Crippen LogP contribution is 2.32. The molecule has 3 aromatic heterocycles. The highest BCUT2D eigenvalue weighted by Gasteiger charge is 2.18. The summed E-state index contributed by atoms with van der Waals surface area (Å²) < 4.78 is 15.4. The van der Waals surface area contributed by atoms with Crippen molar-refractivity contribution in [1.29, 1.82) is 0 Å². The maximum absolute atomic E-state index is 13.4. The zero-order valence-corrected chi connectivity index (χ0v) is 14.1. The van der Waals surface area contributed by atoms with Gasteiger partial charge in [0.05, 0.1) is 23.8 Å². The van der Waals surface area contributed by atoms with Gasteiger partial charge in [-0.3, -0.25) is 9.55 Å². The van der Waals surface area contributed by atoms with Crippen molar-refractivity contribution in [2.75, 3.05) is 18.5 Å². The molecule has 0 spiro atoms. The monoisotopic (exact) mass is 351 g/mol. The summed E-state index contributed by atoms with van der Waals surface area (Å²) in [5.41, 5.74) is 3.53. The van der Waals surface area contributed by atoms with Gasteiger partial charge in [0.2, 0.25) is 0 Å². The van der Waals surface area contributed by atoms with Crippen molar-refractivity contribution in [2.45, 2.75) is 12.8 Å². The van der Waals surface area contributed by atoms with E-state index in [2.05, 4.69) is 15.3 Å². The van der Waals surface area contributed by atoms with Crippen molar-refractivity contribution in [3.05, 3.63) is 54.8 Å². The van der Waals surface area contributed by atoms with Crippen LogP contribution in [0, 0.1) is 0 Å². The minimum atomic E-state index is -0.112. The zero-order valence-electron chi connectivity index (χ0n) is 14.1. The van der Waals surface area contributed by atoms with Crippen LogP contribution in [0.4, 0.5) is 10.2 Å². The van der Waals surface area contributed by atoms with Crippen LogP contribution in [0.15, 0.2) is 54.8 Å². The average Bonchev–Trinajstić information content (AvgIpc) is 3.07. The van der Waals surface area contributed by atoms with Crippen LogP contribution < -0.4 is 5.32 Å². The molecule has 0 saturated heterocycles. The molecule has 26 heavy (non-hydrogen) atoms. The Morgan fingerprint density at radius 2 is 2.08 bits per heavy atom. The van der Waals surface area contributed by atoms with Crippen molar-refractivity contribution < 1.29 is 9.50 Å². The van der Waals surface area contributed by atoms with Crippen LogP contribution in [-0.2, 0) is 0 Å². The standard InChI is InChI=1S/C19H18FN5O/c20-14-2-4-15(5-3-14)25-17-12-21-8-7-16(17)24-19(25)13-1-6-18(23-11-13)22-9-10-26/h1-2,4,6-8,11-12,26H,3,5,9-10H2,(H,22,23). The fourth-order valence-electron chi connectivity index (χ4n) is 3.01. The number of hydrogen-bond acceptors (Lipinski definition) is 5. The first-order chi connectivity index (χ1) is 12.8. The number of aliphatic hydroxyl groups is 1. The number of nitrogens with one attached hydrogen (secondary N) is 1. The highest BCUT2D eigenvalue weighted by atomic mass is 19.1. The first-order valence-electron chi connectivity index (χ1n) is 8.45. The second-order valence-electron chi connectivity index (χ2n) is 5.99. The van der Waals surface area contributed by atoms with E-state index in [0.29, 0.717) is 25.2 Å². The Labute approximate surface area is 149 Å². The molecule has 6 nitrogen and oxygen atoms in total. The first-order valence-corrected chi connectivity index (χ1v) is 8.45. The summed E-state index contributed by atoms with van der Waals surface area (Å²) in [6.45, 7) is 0.492. The maximum atomic E-state index is 13.4. The van der Waals surface area contributed by atoms with E-state index in [4.69, 9.17) is 10.1 Å². The number of nitrogens with zero attached hydrogens (tertiary/aromatic N) is 4. The molecule has 0 aliphatic heterocycles. The molecule has 1 aliphatic carbocycles. The first kappa shape index (κ1) is 16.4. The molecule has 0 aromatic carbocycles. The number of aliphatic hydroxyl groups excluding tert-OH is 1. The fourth-order valence-corrected chi connectivity index (χ4v) is 3.01. The number of anilines is 1. The Balaban J connectivity index is 1.81. The van der Waals surface area contributed by atoms with Gasteiger partial charge in [-0.1, -0.05) is 0 Å². The summed E-state index contributed by atoms with van der Waals surface area (Å²) in [5, 5.41) is 11.9. The van der Waals surface area contributed by atoms with Gasteiger partial charge in [0.25, 0.3) is 0 Å². The van der Waals surface area contributed by atoms with Crippen LogP contribution in [0.3, 0.4) is 0 Å². The number of rotatable bonds is 5. The summed E-state index contributed by atoms with van der Waals surface area (Å²) in [7, 11) is 0. The molecule has 0 unspecified atom stereocenters. The van der Waals surface area contributed by atoms with Crippen molar-refractivity contribution in [3.63, 3.8) is 0 Å². The number of pyridine rings is 2. The molecule has 132 valence electrons. The fraction of sp³-hybridized carbons (Fsp3) is 0.211. The van der Waals surface area contributed by atoms with Gasteiger partial charge in [-0.25, -0.2) is 14.4 Å². The van der Waals surface area contributed by atoms with Crippen LogP contribution in [0.2, 0.25) is 0 Å². The van der Waals surface area contributed by atoms with Crippen LogP contribution >= 0.6 is 0 Å². The van der Waals surface area contributed by atoms with E-state index in [1.54, 1.807) is 24.7 Å². The SMILES string of the molecule is OCCNc1ccc(-c2nc3ccncc3n2C2=CC=C(F)CC2)cn1. The molecule has 7 heteroatoms. The van der Waals surface area contributed by atoms with Gasteiger partial charge in [0.15, 0.2) is 0 Å². The number of aromatic nitrogens is 4. The molecule has 0 atom stereocenters. The second kappa shape index (κ2) is 7.05. The quantitative estimate of drug-likeness (QED) is 0.737. The molecular weight excluding hydrogens is 333 g/mol. The predicted molar refractivity (Wildman–Crippen MR) is 99.0 cm³/mol. The lowest BCUT2D eigenvalue weighted by atomic mass is 10.1. The number of halogens is 1. The van der Waals surface area contributed by atoms with E-state index in [0.717, 1.165) is 28.1 Å². The molecule has 2 N–H and O–H groups in total.